The molecule has 6 nitrogen and oxygen atoms in total. The molecule has 0 aliphatic heterocycles. The minimum atomic E-state index is -4.62. The lowest BCUT2D eigenvalue weighted by Gasteiger charge is -2.14. The molecule has 2 N–H and O–H groups in total. The van der Waals surface area contributed by atoms with Gasteiger partial charge in [0.1, 0.15) is 5.82 Å². The Labute approximate surface area is 186 Å². The molecular formula is C23H20F4N4O2. The van der Waals surface area contributed by atoms with E-state index in [0.29, 0.717) is 22.6 Å². The monoisotopic (exact) mass is 460 g/mol. The van der Waals surface area contributed by atoms with Crippen LogP contribution in [0.2, 0.25) is 0 Å². The van der Waals surface area contributed by atoms with E-state index < -0.39 is 23.6 Å². The number of halogens is 4. The van der Waals surface area contributed by atoms with Gasteiger partial charge in [-0.05, 0) is 62.4 Å². The van der Waals surface area contributed by atoms with Crippen molar-refractivity contribution in [2.45, 2.75) is 26.9 Å². The molecule has 0 atom stereocenters. The Balaban J connectivity index is 1.86. The van der Waals surface area contributed by atoms with Gasteiger partial charge in [-0.1, -0.05) is 0 Å². The van der Waals surface area contributed by atoms with Gasteiger partial charge in [-0.2, -0.15) is 18.3 Å². The fourth-order valence-electron chi connectivity index (χ4n) is 3.19. The van der Waals surface area contributed by atoms with Gasteiger partial charge in [0.25, 0.3) is 0 Å². The van der Waals surface area contributed by atoms with E-state index in [4.69, 9.17) is 0 Å². The van der Waals surface area contributed by atoms with E-state index in [9.17, 15) is 27.2 Å². The summed E-state index contributed by atoms with van der Waals surface area (Å²) in [4.78, 5) is 23.8. The largest absolute Gasteiger partial charge is 0.416 e. The van der Waals surface area contributed by atoms with Crippen molar-refractivity contribution in [3.8, 4) is 5.69 Å². The van der Waals surface area contributed by atoms with Gasteiger partial charge in [-0.25, -0.2) is 9.07 Å². The first-order valence-corrected chi connectivity index (χ1v) is 9.76. The standard InChI is InChI=1S/C23H20F4N4O2/c1-13-19(14(2)31(30-13)18-7-5-17(24)6-8-18)9-11-22(33)29-21-12-16(23(25,26)27)4-10-20(21)28-15(3)32/h4-12H,1-3H3,(H,28,32)(H,29,33)/b11-9+. The van der Waals surface area contributed by atoms with Crippen LogP contribution in [0.25, 0.3) is 11.8 Å². The SMILES string of the molecule is CC(=O)Nc1ccc(C(F)(F)F)cc1NC(=O)/C=C/c1c(C)nn(-c2ccc(F)cc2)c1C. The lowest BCUT2D eigenvalue weighted by atomic mass is 10.1. The third-order valence-corrected chi connectivity index (χ3v) is 4.74. The molecule has 3 rings (SSSR count). The Morgan fingerprint density at radius 3 is 2.27 bits per heavy atom. The molecule has 172 valence electrons. The van der Waals surface area contributed by atoms with Crippen LogP contribution in [0.5, 0.6) is 0 Å². The molecule has 0 aliphatic carbocycles. The first-order valence-electron chi connectivity index (χ1n) is 9.76. The summed E-state index contributed by atoms with van der Waals surface area (Å²) in [6.45, 7) is 4.70. The van der Waals surface area contributed by atoms with E-state index in [1.54, 1.807) is 30.7 Å². The minimum Gasteiger partial charge on any atom is -0.325 e. The van der Waals surface area contributed by atoms with Crippen LogP contribution in [0.15, 0.2) is 48.5 Å². The number of aryl methyl sites for hydroxylation is 1. The number of alkyl halides is 3. The molecule has 0 aliphatic rings. The molecule has 0 bridgehead atoms. The van der Waals surface area contributed by atoms with E-state index in [1.165, 1.54) is 25.1 Å². The number of benzene rings is 2. The first-order chi connectivity index (χ1) is 15.5. The Bertz CT molecular complexity index is 1230. The topological polar surface area (TPSA) is 76.0 Å². The van der Waals surface area contributed by atoms with Gasteiger partial charge >= 0.3 is 6.18 Å². The maximum atomic E-state index is 13.2. The molecular weight excluding hydrogens is 440 g/mol. The number of nitrogens with zero attached hydrogens (tertiary/aromatic N) is 2. The summed E-state index contributed by atoms with van der Waals surface area (Å²) in [6.07, 6.45) is -1.98. The van der Waals surface area contributed by atoms with Crippen LogP contribution >= 0.6 is 0 Å². The van der Waals surface area contributed by atoms with Gasteiger partial charge in [-0.15, -0.1) is 0 Å². The molecule has 0 unspecified atom stereocenters. The van der Waals surface area contributed by atoms with Crippen molar-refractivity contribution in [3.63, 3.8) is 0 Å². The second-order valence-electron chi connectivity index (χ2n) is 7.23. The number of amides is 2. The zero-order chi connectivity index (χ0) is 24.3. The van der Waals surface area contributed by atoms with Crippen LogP contribution in [0.4, 0.5) is 28.9 Å². The van der Waals surface area contributed by atoms with Gasteiger partial charge in [0.2, 0.25) is 11.8 Å². The van der Waals surface area contributed by atoms with Crippen LogP contribution < -0.4 is 10.6 Å². The van der Waals surface area contributed by atoms with Crippen LogP contribution in [0.1, 0.15) is 29.4 Å². The zero-order valence-corrected chi connectivity index (χ0v) is 17.9. The minimum absolute atomic E-state index is 0.0359. The molecule has 0 radical (unpaired) electrons. The molecule has 0 saturated heterocycles. The smallest absolute Gasteiger partial charge is 0.325 e. The highest BCUT2D eigenvalue weighted by Crippen LogP contribution is 2.34. The summed E-state index contributed by atoms with van der Waals surface area (Å²) >= 11 is 0. The van der Waals surface area contributed by atoms with Gasteiger partial charge in [0.15, 0.2) is 0 Å². The van der Waals surface area contributed by atoms with Crippen LogP contribution in [-0.2, 0) is 15.8 Å². The maximum absolute atomic E-state index is 13.2. The molecule has 3 aromatic rings. The van der Waals surface area contributed by atoms with Gasteiger partial charge < -0.3 is 10.6 Å². The average molecular weight is 460 g/mol. The lowest BCUT2D eigenvalue weighted by Crippen LogP contribution is -2.15. The number of rotatable bonds is 5. The zero-order valence-electron chi connectivity index (χ0n) is 17.9. The van der Waals surface area contributed by atoms with Gasteiger partial charge in [0, 0.05) is 24.3 Å². The summed E-state index contributed by atoms with van der Waals surface area (Å²) in [5, 5.41) is 9.16. The highest BCUT2D eigenvalue weighted by Gasteiger charge is 2.31. The fraction of sp³-hybridized carbons (Fsp3) is 0.174. The van der Waals surface area contributed by atoms with E-state index in [1.807, 2.05) is 0 Å². The molecule has 0 spiro atoms. The number of carbonyl (C=O) groups is 2. The highest BCUT2D eigenvalue weighted by molar-refractivity contribution is 6.05. The summed E-state index contributed by atoms with van der Waals surface area (Å²) in [5.74, 6) is -1.58. The number of nitrogens with one attached hydrogen (secondary N) is 2. The average Bonchev–Trinajstić information content (AvgIpc) is 3.00. The van der Waals surface area contributed by atoms with Crippen molar-refractivity contribution in [3.05, 3.63) is 76.9 Å². The molecule has 2 aromatic carbocycles. The molecule has 33 heavy (non-hydrogen) atoms. The summed E-state index contributed by atoms with van der Waals surface area (Å²) < 4.78 is 54.0. The highest BCUT2D eigenvalue weighted by atomic mass is 19.4. The third-order valence-electron chi connectivity index (χ3n) is 4.74. The quantitative estimate of drug-likeness (QED) is 0.403. The first kappa shape index (κ1) is 23.7. The van der Waals surface area contributed by atoms with Gasteiger partial charge in [0.05, 0.1) is 28.3 Å². The van der Waals surface area contributed by atoms with Crippen molar-refractivity contribution >= 4 is 29.3 Å². The van der Waals surface area contributed by atoms with Crippen molar-refractivity contribution < 1.29 is 27.2 Å². The number of aromatic nitrogens is 2. The van der Waals surface area contributed by atoms with Crippen LogP contribution in [0, 0.1) is 19.7 Å². The third kappa shape index (κ3) is 5.65. The molecule has 1 aromatic heterocycles. The molecule has 0 saturated carbocycles. The predicted molar refractivity (Wildman–Crippen MR) is 116 cm³/mol. The van der Waals surface area contributed by atoms with E-state index in [-0.39, 0.29) is 17.2 Å². The van der Waals surface area contributed by atoms with Crippen molar-refractivity contribution in [2.24, 2.45) is 0 Å². The van der Waals surface area contributed by atoms with Crippen molar-refractivity contribution in [2.75, 3.05) is 10.6 Å². The Morgan fingerprint density at radius 1 is 1.00 bits per heavy atom. The molecule has 2 amide bonds. The second-order valence-corrected chi connectivity index (χ2v) is 7.23. The number of hydrogen-bond donors (Lipinski definition) is 2. The number of hydrogen-bond acceptors (Lipinski definition) is 3. The predicted octanol–water partition coefficient (Wildman–Crippen LogP) is 5.26. The van der Waals surface area contributed by atoms with Crippen molar-refractivity contribution in [1.29, 1.82) is 0 Å². The van der Waals surface area contributed by atoms with E-state index >= 15 is 0 Å². The summed E-state index contributed by atoms with van der Waals surface area (Å²) in [6, 6.07) is 8.36. The summed E-state index contributed by atoms with van der Waals surface area (Å²) in [5.41, 5.74) is 1.41. The normalized spacial score (nSPS) is 11.6. The van der Waals surface area contributed by atoms with Gasteiger partial charge in [-0.3, -0.25) is 9.59 Å². The Hall–Kier alpha value is -3.95. The number of anilines is 2. The Kier molecular flexibility index (Phi) is 6.66. The van der Waals surface area contributed by atoms with Crippen molar-refractivity contribution in [1.82, 2.24) is 9.78 Å². The molecule has 0 fully saturated rings. The Morgan fingerprint density at radius 2 is 1.67 bits per heavy atom. The lowest BCUT2D eigenvalue weighted by molar-refractivity contribution is -0.137. The van der Waals surface area contributed by atoms with E-state index in [2.05, 4.69) is 15.7 Å². The van der Waals surface area contributed by atoms with E-state index in [0.717, 1.165) is 24.3 Å². The summed E-state index contributed by atoms with van der Waals surface area (Å²) in [7, 11) is 0. The fourth-order valence-corrected chi connectivity index (χ4v) is 3.19. The molecule has 10 heteroatoms. The number of carbonyl (C=O) groups excluding carboxylic acids is 2. The molecule has 1 heterocycles. The maximum Gasteiger partial charge on any atom is 0.416 e. The second kappa shape index (κ2) is 9.27. The van der Waals surface area contributed by atoms with Crippen LogP contribution in [-0.4, -0.2) is 21.6 Å². The van der Waals surface area contributed by atoms with Crippen LogP contribution in [0.3, 0.4) is 0 Å².